The van der Waals surface area contributed by atoms with Crippen LogP contribution in [0.2, 0.25) is 0 Å². The maximum atomic E-state index is 13.4. The summed E-state index contributed by atoms with van der Waals surface area (Å²) in [7, 11) is -2.66. The molecule has 12 heteroatoms. The number of hydrogen-bond acceptors (Lipinski definition) is 8. The number of nitrogens with zero attached hydrogens (tertiary/aromatic N) is 5. The first-order chi connectivity index (χ1) is 17.1. The number of quaternary nitrogens is 1. The van der Waals surface area contributed by atoms with Gasteiger partial charge in [0, 0.05) is 17.8 Å². The number of anilines is 2. The van der Waals surface area contributed by atoms with Crippen molar-refractivity contribution in [3.05, 3.63) is 45.3 Å². The highest BCUT2D eigenvalue weighted by Gasteiger charge is 2.30. The minimum absolute atomic E-state index is 0.00458. The van der Waals surface area contributed by atoms with Crippen LogP contribution in [0.3, 0.4) is 0 Å². The van der Waals surface area contributed by atoms with Crippen LogP contribution in [0.25, 0.3) is 0 Å². The van der Waals surface area contributed by atoms with E-state index in [1.54, 1.807) is 0 Å². The Morgan fingerprint density at radius 2 is 1.83 bits per heavy atom. The Balaban J connectivity index is 1.44. The lowest BCUT2D eigenvalue weighted by molar-refractivity contribution is -0.875. The Morgan fingerprint density at radius 3 is 2.44 bits per heavy atom. The third-order valence-corrected chi connectivity index (χ3v) is 8.50. The van der Waals surface area contributed by atoms with E-state index in [2.05, 4.69) is 31.7 Å². The van der Waals surface area contributed by atoms with E-state index in [1.807, 2.05) is 13.8 Å². The van der Waals surface area contributed by atoms with E-state index in [0.717, 1.165) is 44.2 Å². The summed E-state index contributed by atoms with van der Waals surface area (Å²) < 4.78 is 27.6. The number of aryl methyl sites for hydroxylation is 2. The SMILES string of the molecule is CC(C)n1nc(S(=O)(=O)c2nc(Nc3c4c(cc5c3CCC5)CCC4)n[nH]2)cc1C[N+](C)([O-])CCO. The second kappa shape index (κ2) is 9.25. The van der Waals surface area contributed by atoms with E-state index in [0.29, 0.717) is 5.69 Å². The predicted octanol–water partition coefficient (Wildman–Crippen LogP) is 2.57. The fourth-order valence-electron chi connectivity index (χ4n) is 5.34. The number of aromatic amines is 1. The smallest absolute Gasteiger partial charge is 0.260 e. The number of hydroxylamine groups is 3. The van der Waals surface area contributed by atoms with Crippen molar-refractivity contribution < 1.29 is 18.2 Å². The summed E-state index contributed by atoms with van der Waals surface area (Å²) in [5.74, 6) is 0.207. The molecule has 0 spiro atoms. The molecule has 11 nitrogen and oxygen atoms in total. The Bertz CT molecular complexity index is 1360. The van der Waals surface area contributed by atoms with Crippen molar-refractivity contribution in [2.45, 2.75) is 75.1 Å². The molecule has 0 fully saturated rings. The average molecular weight is 516 g/mol. The molecule has 5 rings (SSSR count). The lowest BCUT2D eigenvalue weighted by Gasteiger charge is -2.38. The molecule has 0 radical (unpaired) electrons. The lowest BCUT2D eigenvalue weighted by Crippen LogP contribution is -2.40. The normalized spacial score (nSPS) is 16.8. The first kappa shape index (κ1) is 24.9. The van der Waals surface area contributed by atoms with Gasteiger partial charge in [-0.25, -0.2) is 13.5 Å². The van der Waals surface area contributed by atoms with Crippen molar-refractivity contribution in [2.24, 2.45) is 0 Å². The number of likely N-dealkylation sites (N-methyl/N-ethyl adjacent to an activating group) is 1. The fraction of sp³-hybridized carbons (Fsp3) is 0.542. The number of aliphatic hydroxyl groups is 1. The zero-order valence-corrected chi connectivity index (χ0v) is 21.7. The molecule has 0 saturated heterocycles. The van der Waals surface area contributed by atoms with Crippen molar-refractivity contribution >= 4 is 21.5 Å². The average Bonchev–Trinajstić information content (AvgIpc) is 3.59. The zero-order valence-electron chi connectivity index (χ0n) is 20.9. The van der Waals surface area contributed by atoms with Crippen LogP contribution in [0.1, 0.15) is 60.7 Å². The van der Waals surface area contributed by atoms with Crippen molar-refractivity contribution in [1.29, 1.82) is 0 Å². The first-order valence-corrected chi connectivity index (χ1v) is 13.9. The molecular weight excluding hydrogens is 482 g/mol. The highest BCUT2D eigenvalue weighted by Crippen LogP contribution is 2.39. The summed E-state index contributed by atoms with van der Waals surface area (Å²) in [6.07, 6.45) is 6.32. The number of H-pyrrole nitrogens is 1. The van der Waals surface area contributed by atoms with Gasteiger partial charge in [0.25, 0.3) is 15.0 Å². The molecule has 2 aliphatic carbocycles. The van der Waals surface area contributed by atoms with E-state index in [1.165, 1.54) is 40.0 Å². The minimum Gasteiger partial charge on any atom is -0.633 e. The molecular formula is C24H33N7O4S. The van der Waals surface area contributed by atoms with Crippen LogP contribution in [0.4, 0.5) is 11.6 Å². The van der Waals surface area contributed by atoms with Gasteiger partial charge in [0.2, 0.25) is 5.95 Å². The predicted molar refractivity (Wildman–Crippen MR) is 133 cm³/mol. The van der Waals surface area contributed by atoms with E-state index in [9.17, 15) is 18.7 Å². The van der Waals surface area contributed by atoms with Gasteiger partial charge in [0.1, 0.15) is 13.1 Å². The topological polar surface area (TPSA) is 149 Å². The highest BCUT2D eigenvalue weighted by atomic mass is 32.2. The van der Waals surface area contributed by atoms with Gasteiger partial charge < -0.3 is 20.3 Å². The number of aromatic nitrogens is 5. The van der Waals surface area contributed by atoms with Crippen molar-refractivity contribution in [2.75, 3.05) is 25.5 Å². The third kappa shape index (κ3) is 4.54. The van der Waals surface area contributed by atoms with Crippen LogP contribution in [-0.2, 0) is 42.1 Å². The van der Waals surface area contributed by atoms with Crippen LogP contribution < -0.4 is 5.32 Å². The molecule has 2 aliphatic rings. The van der Waals surface area contributed by atoms with Gasteiger partial charge in [-0.15, -0.1) is 5.10 Å². The summed E-state index contributed by atoms with van der Waals surface area (Å²) in [5, 5.41) is 35.7. The summed E-state index contributed by atoms with van der Waals surface area (Å²) in [4.78, 5) is 4.28. The Morgan fingerprint density at radius 1 is 1.17 bits per heavy atom. The van der Waals surface area contributed by atoms with Crippen molar-refractivity contribution in [3.8, 4) is 0 Å². The summed E-state index contributed by atoms with van der Waals surface area (Å²) in [5.41, 5.74) is 6.79. The molecule has 0 aliphatic heterocycles. The molecule has 36 heavy (non-hydrogen) atoms. The Hall–Kier alpha value is -2.80. The third-order valence-electron chi connectivity index (χ3n) is 7.05. The molecule has 0 amide bonds. The number of sulfone groups is 1. The Kier molecular flexibility index (Phi) is 6.39. The number of rotatable bonds is 9. The molecule has 2 aromatic heterocycles. The largest absolute Gasteiger partial charge is 0.633 e. The fourth-order valence-corrected chi connectivity index (χ4v) is 6.40. The summed E-state index contributed by atoms with van der Waals surface area (Å²) >= 11 is 0. The summed E-state index contributed by atoms with van der Waals surface area (Å²) in [6, 6.07) is 3.58. The van der Waals surface area contributed by atoms with Gasteiger partial charge in [-0.3, -0.25) is 4.68 Å². The molecule has 1 unspecified atom stereocenters. The highest BCUT2D eigenvalue weighted by molar-refractivity contribution is 7.91. The standard InChI is InChI=1S/C24H33N7O4S/c1-15(2)30-18(14-31(3,33)10-11-32)13-21(29-30)36(34,35)24-26-23(27-28-24)25-22-19-8-4-6-16(19)12-17-7-5-9-20(17)22/h12-13,15,32H,4-11,14H2,1-3H3,(H2,25,26,27,28). The second-order valence-corrected chi connectivity index (χ2v) is 12.1. The zero-order chi connectivity index (χ0) is 25.7. The molecule has 0 bridgehead atoms. The molecule has 3 aromatic rings. The van der Waals surface area contributed by atoms with Gasteiger partial charge in [-0.1, -0.05) is 6.07 Å². The molecule has 1 atom stereocenters. The number of nitrogens with one attached hydrogen (secondary N) is 2. The van der Waals surface area contributed by atoms with Gasteiger partial charge in [0.15, 0.2) is 5.03 Å². The quantitative estimate of drug-likeness (QED) is 0.291. The van der Waals surface area contributed by atoms with Crippen LogP contribution in [0, 0.1) is 5.21 Å². The van der Waals surface area contributed by atoms with Gasteiger partial charge in [-0.2, -0.15) is 10.1 Å². The van der Waals surface area contributed by atoms with Gasteiger partial charge in [-0.05, 0) is 74.6 Å². The number of fused-ring (bicyclic) bond motifs is 2. The number of hydrogen-bond donors (Lipinski definition) is 3. The Labute approximate surface area is 210 Å². The number of benzene rings is 1. The van der Waals surface area contributed by atoms with Gasteiger partial charge >= 0.3 is 0 Å². The van der Waals surface area contributed by atoms with Gasteiger partial charge in [0.05, 0.1) is 19.3 Å². The molecule has 3 N–H and O–H groups in total. The molecule has 194 valence electrons. The number of aliphatic hydroxyl groups excluding tert-OH is 1. The molecule has 2 heterocycles. The first-order valence-electron chi connectivity index (χ1n) is 12.4. The maximum Gasteiger partial charge on any atom is 0.260 e. The lowest BCUT2D eigenvalue weighted by atomic mass is 9.99. The van der Waals surface area contributed by atoms with E-state index in [4.69, 9.17) is 0 Å². The van der Waals surface area contributed by atoms with Crippen LogP contribution in [0.15, 0.2) is 22.3 Å². The minimum atomic E-state index is -4.10. The van der Waals surface area contributed by atoms with Crippen LogP contribution in [0.5, 0.6) is 0 Å². The van der Waals surface area contributed by atoms with Crippen molar-refractivity contribution in [1.82, 2.24) is 25.0 Å². The molecule has 0 saturated carbocycles. The summed E-state index contributed by atoms with van der Waals surface area (Å²) in [6.45, 7) is 3.44. The van der Waals surface area contributed by atoms with E-state index in [-0.39, 0.29) is 41.9 Å². The monoisotopic (exact) mass is 515 g/mol. The second-order valence-electron chi connectivity index (χ2n) is 10.2. The maximum absolute atomic E-state index is 13.4. The molecule has 1 aromatic carbocycles. The van der Waals surface area contributed by atoms with Crippen LogP contribution in [-0.4, -0.2) is 63.3 Å². The van der Waals surface area contributed by atoms with Crippen LogP contribution >= 0.6 is 0 Å². The van der Waals surface area contributed by atoms with E-state index < -0.39 is 14.5 Å². The van der Waals surface area contributed by atoms with E-state index >= 15 is 0 Å². The van der Waals surface area contributed by atoms with Crippen molar-refractivity contribution in [3.63, 3.8) is 0 Å².